The van der Waals surface area contributed by atoms with Crippen LogP contribution in [0.2, 0.25) is 0 Å². The third kappa shape index (κ3) is 4.02. The number of rotatable bonds is 5. The van der Waals surface area contributed by atoms with E-state index in [1.54, 1.807) is 48.5 Å². The van der Waals surface area contributed by atoms with Gasteiger partial charge in [0.2, 0.25) is 0 Å². The van der Waals surface area contributed by atoms with Gasteiger partial charge in [0.25, 0.3) is 0 Å². The molecule has 1 aliphatic rings. The Hall–Kier alpha value is -3.75. The summed E-state index contributed by atoms with van der Waals surface area (Å²) < 4.78 is 9.87. The van der Waals surface area contributed by atoms with Crippen LogP contribution in [-0.4, -0.2) is 37.5 Å². The summed E-state index contributed by atoms with van der Waals surface area (Å²) in [7, 11) is 2.28. The van der Waals surface area contributed by atoms with Crippen molar-refractivity contribution in [3.63, 3.8) is 0 Å². The fourth-order valence-electron chi connectivity index (χ4n) is 4.60. The third-order valence-corrected chi connectivity index (χ3v) is 7.00. The van der Waals surface area contributed by atoms with Crippen LogP contribution in [-0.2, 0) is 19.1 Å². The van der Waals surface area contributed by atoms with Crippen LogP contribution in [0.1, 0.15) is 28.5 Å². The zero-order chi connectivity index (χ0) is 25.0. The van der Waals surface area contributed by atoms with Gasteiger partial charge in [-0.25, -0.2) is 4.79 Å². The molecule has 34 heavy (non-hydrogen) atoms. The molecule has 2 aromatic carbocycles. The zero-order valence-electron chi connectivity index (χ0n) is 19.2. The Balaban J connectivity index is 2.45. The van der Waals surface area contributed by atoms with Crippen LogP contribution in [0.4, 0.5) is 0 Å². The molecule has 0 saturated heterocycles. The molecule has 3 rings (SSSR count). The summed E-state index contributed by atoms with van der Waals surface area (Å²) >= 11 is 1.51. The lowest BCUT2D eigenvalue weighted by molar-refractivity contribution is -0.147. The number of ether oxygens (including phenoxy) is 2. The van der Waals surface area contributed by atoms with E-state index in [0.29, 0.717) is 11.1 Å². The molecule has 2 aromatic rings. The van der Waals surface area contributed by atoms with Gasteiger partial charge in [0.15, 0.2) is 5.41 Å². The number of aliphatic hydroxyl groups excluding tert-OH is 1. The third-order valence-electron chi connectivity index (χ3n) is 6.25. The number of thioether (sulfide) groups is 1. The molecule has 1 N–H and O–H groups in total. The highest BCUT2D eigenvalue weighted by Gasteiger charge is 2.61. The predicted molar refractivity (Wildman–Crippen MR) is 126 cm³/mol. The summed E-state index contributed by atoms with van der Waals surface area (Å²) in [5, 5.41) is 32.3. The molecule has 0 aromatic heterocycles. The van der Waals surface area contributed by atoms with Crippen LogP contribution in [0.3, 0.4) is 0 Å². The molecule has 0 saturated carbocycles. The van der Waals surface area contributed by atoms with Crippen molar-refractivity contribution in [1.29, 1.82) is 10.5 Å². The minimum atomic E-state index is -1.94. The molecule has 1 aliphatic carbocycles. The molecule has 0 amide bonds. The van der Waals surface area contributed by atoms with E-state index in [9.17, 15) is 25.2 Å². The largest absolute Gasteiger partial charge is 0.511 e. The van der Waals surface area contributed by atoms with Crippen molar-refractivity contribution in [2.24, 2.45) is 11.3 Å². The second kappa shape index (κ2) is 10.0. The van der Waals surface area contributed by atoms with Crippen LogP contribution in [0, 0.1) is 40.9 Å². The van der Waals surface area contributed by atoms with E-state index in [0.717, 1.165) is 24.7 Å². The van der Waals surface area contributed by atoms with Gasteiger partial charge in [0.05, 0.1) is 37.8 Å². The standard InChI is InChI=1S/C26H24N2O5S/c1-15-5-7-16(8-6-15)21-19(24(30)32-2)23(29)20(25(31)33-3)22(26(21,13-27)14-28)17-9-11-18(34-4)12-10-17/h5-12,19,21-22,29H,1-4H3/t19-,21-,22+/m1/s1. The van der Waals surface area contributed by atoms with Gasteiger partial charge in [-0.3, -0.25) is 4.79 Å². The van der Waals surface area contributed by atoms with Crippen molar-refractivity contribution >= 4 is 23.7 Å². The number of carbonyl (C=O) groups excluding carboxylic acids is 2. The van der Waals surface area contributed by atoms with Gasteiger partial charge in [0.1, 0.15) is 11.7 Å². The first-order valence-corrected chi connectivity index (χ1v) is 11.6. The van der Waals surface area contributed by atoms with Crippen LogP contribution >= 0.6 is 11.8 Å². The summed E-state index contributed by atoms with van der Waals surface area (Å²) in [5.74, 6) is -6.11. The second-order valence-corrected chi connectivity index (χ2v) is 8.86. The van der Waals surface area contributed by atoms with Gasteiger partial charge in [-0.15, -0.1) is 11.8 Å². The molecular weight excluding hydrogens is 452 g/mol. The predicted octanol–water partition coefficient (Wildman–Crippen LogP) is 4.41. The first-order chi connectivity index (χ1) is 16.3. The number of carbonyl (C=O) groups is 2. The zero-order valence-corrected chi connectivity index (χ0v) is 20.1. The number of hydrogen-bond acceptors (Lipinski definition) is 8. The van der Waals surface area contributed by atoms with Gasteiger partial charge in [0, 0.05) is 10.8 Å². The van der Waals surface area contributed by atoms with Crippen molar-refractivity contribution in [3.05, 3.63) is 76.6 Å². The highest BCUT2D eigenvalue weighted by Crippen LogP contribution is 2.59. The number of esters is 2. The fourth-order valence-corrected chi connectivity index (χ4v) is 5.01. The van der Waals surface area contributed by atoms with Crippen molar-refractivity contribution in [2.45, 2.75) is 23.7 Å². The van der Waals surface area contributed by atoms with Crippen LogP contribution in [0.5, 0.6) is 0 Å². The Bertz CT molecular complexity index is 1190. The van der Waals surface area contributed by atoms with Gasteiger partial charge in [-0.1, -0.05) is 42.0 Å². The molecule has 0 heterocycles. The molecular formula is C26H24N2O5S. The van der Waals surface area contributed by atoms with E-state index in [4.69, 9.17) is 9.47 Å². The minimum Gasteiger partial charge on any atom is -0.511 e. The Labute approximate surface area is 202 Å². The van der Waals surface area contributed by atoms with Crippen LogP contribution in [0.15, 0.2) is 64.8 Å². The minimum absolute atomic E-state index is 0.304. The van der Waals surface area contributed by atoms with E-state index < -0.39 is 40.9 Å². The topological polar surface area (TPSA) is 120 Å². The Morgan fingerprint density at radius 2 is 1.53 bits per heavy atom. The summed E-state index contributed by atoms with van der Waals surface area (Å²) in [6.07, 6.45) is 1.91. The molecule has 0 spiro atoms. The highest BCUT2D eigenvalue weighted by molar-refractivity contribution is 7.98. The van der Waals surface area contributed by atoms with Crippen molar-refractivity contribution in [2.75, 3.05) is 20.5 Å². The molecule has 3 atom stereocenters. The average molecular weight is 477 g/mol. The van der Waals surface area contributed by atoms with E-state index in [1.807, 2.05) is 13.2 Å². The SMILES string of the molecule is COC(=O)C1=C(O)[C@H](C(=O)OC)[C@@H](c2ccc(C)cc2)C(C#N)(C#N)[C@H]1c1ccc(SC)cc1. The normalized spacial score (nSPS) is 21.2. The lowest BCUT2D eigenvalue weighted by atomic mass is 9.54. The highest BCUT2D eigenvalue weighted by atomic mass is 32.2. The Kier molecular flexibility index (Phi) is 7.34. The van der Waals surface area contributed by atoms with E-state index in [-0.39, 0.29) is 5.57 Å². The first-order valence-electron chi connectivity index (χ1n) is 10.4. The summed E-state index contributed by atoms with van der Waals surface area (Å²) in [4.78, 5) is 26.8. The average Bonchev–Trinajstić information content (AvgIpc) is 2.87. The number of aryl methyl sites for hydroxylation is 1. The maximum atomic E-state index is 12.9. The summed E-state index contributed by atoms with van der Waals surface area (Å²) in [5.41, 5.74) is -0.349. The number of hydrogen-bond donors (Lipinski definition) is 1. The van der Waals surface area contributed by atoms with Gasteiger partial charge in [-0.05, 0) is 36.4 Å². The molecule has 0 radical (unpaired) electrons. The van der Waals surface area contributed by atoms with E-state index >= 15 is 0 Å². The van der Waals surface area contributed by atoms with Gasteiger partial charge in [-0.2, -0.15) is 10.5 Å². The van der Waals surface area contributed by atoms with Crippen molar-refractivity contribution in [3.8, 4) is 12.1 Å². The number of methoxy groups -OCH3 is 2. The monoisotopic (exact) mass is 476 g/mol. The van der Waals surface area contributed by atoms with E-state index in [1.165, 1.54) is 11.8 Å². The first kappa shape index (κ1) is 24.9. The molecule has 0 bridgehead atoms. The van der Waals surface area contributed by atoms with Crippen molar-refractivity contribution < 1.29 is 24.2 Å². The quantitative estimate of drug-likeness (QED) is 0.498. The maximum Gasteiger partial charge on any atom is 0.337 e. The fraction of sp³-hybridized carbons (Fsp3) is 0.308. The van der Waals surface area contributed by atoms with Crippen molar-refractivity contribution in [1.82, 2.24) is 0 Å². The van der Waals surface area contributed by atoms with Gasteiger partial charge < -0.3 is 14.6 Å². The second-order valence-electron chi connectivity index (χ2n) is 7.98. The van der Waals surface area contributed by atoms with Gasteiger partial charge >= 0.3 is 11.9 Å². The molecule has 0 fully saturated rings. The maximum absolute atomic E-state index is 12.9. The lowest BCUT2D eigenvalue weighted by Crippen LogP contribution is -2.47. The summed E-state index contributed by atoms with van der Waals surface area (Å²) in [6.45, 7) is 1.88. The number of aliphatic hydroxyl groups is 1. The molecule has 174 valence electrons. The van der Waals surface area contributed by atoms with E-state index in [2.05, 4.69) is 12.1 Å². The Morgan fingerprint density at radius 3 is 2.00 bits per heavy atom. The lowest BCUT2D eigenvalue weighted by Gasteiger charge is -2.44. The number of nitrogens with zero attached hydrogens (tertiary/aromatic N) is 2. The molecule has 0 unspecified atom stereocenters. The Morgan fingerprint density at radius 1 is 0.971 bits per heavy atom. The number of nitriles is 2. The molecule has 8 heteroatoms. The summed E-state index contributed by atoms with van der Waals surface area (Å²) in [6, 6.07) is 18.3. The molecule has 0 aliphatic heterocycles. The smallest absolute Gasteiger partial charge is 0.337 e. The van der Waals surface area contributed by atoms with Crippen LogP contribution in [0.25, 0.3) is 0 Å². The number of benzene rings is 2. The van der Waals surface area contributed by atoms with Crippen LogP contribution < -0.4 is 0 Å². The molecule has 7 nitrogen and oxygen atoms in total.